The lowest BCUT2D eigenvalue weighted by Gasteiger charge is -2.21. The van der Waals surface area contributed by atoms with E-state index in [-0.39, 0.29) is 31.0 Å². The predicted octanol–water partition coefficient (Wildman–Crippen LogP) is 1.25. The van der Waals surface area contributed by atoms with Gasteiger partial charge in [0.25, 0.3) is 0 Å². The molecular formula is C18H27N3O4. The van der Waals surface area contributed by atoms with Gasteiger partial charge in [-0.25, -0.2) is 0 Å². The van der Waals surface area contributed by atoms with Crippen LogP contribution in [0.2, 0.25) is 0 Å². The second kappa shape index (κ2) is 10.0. The minimum absolute atomic E-state index is 0.00892. The molecule has 1 atom stereocenters. The molecule has 0 aromatic heterocycles. The van der Waals surface area contributed by atoms with Crippen molar-refractivity contribution in [2.24, 2.45) is 0 Å². The minimum Gasteiger partial charge on any atom is -0.495 e. The molecule has 7 heteroatoms. The summed E-state index contributed by atoms with van der Waals surface area (Å²) in [6.07, 6.45) is 2.29. The van der Waals surface area contributed by atoms with Gasteiger partial charge in [-0.1, -0.05) is 12.1 Å². The quantitative estimate of drug-likeness (QED) is 0.701. The molecule has 0 radical (unpaired) electrons. The highest BCUT2D eigenvalue weighted by atomic mass is 16.5. The highest BCUT2D eigenvalue weighted by Gasteiger charge is 2.18. The maximum absolute atomic E-state index is 12.3. The van der Waals surface area contributed by atoms with Gasteiger partial charge in [0.1, 0.15) is 5.75 Å². The standard InChI is InChI=1S/C18H27N3O4/c1-3-21(18(23)12-19-11-14-7-6-10-25-14)13-17(22)20-15-8-4-5-9-16(15)24-2/h4-5,8-9,14,19H,3,6-7,10-13H2,1-2H3,(H,20,22). The van der Waals surface area contributed by atoms with Crippen LogP contribution in [0, 0.1) is 0 Å². The first kappa shape index (κ1) is 19.2. The SMILES string of the molecule is CCN(CC(=O)Nc1ccccc1OC)C(=O)CNCC1CCCO1. The Labute approximate surface area is 148 Å². The molecule has 0 spiro atoms. The van der Waals surface area contributed by atoms with Crippen LogP contribution in [0.1, 0.15) is 19.8 Å². The van der Waals surface area contributed by atoms with Crippen LogP contribution in [-0.4, -0.2) is 62.7 Å². The van der Waals surface area contributed by atoms with Gasteiger partial charge in [0.05, 0.1) is 32.0 Å². The summed E-state index contributed by atoms with van der Waals surface area (Å²) in [5.74, 6) is 0.234. The summed E-state index contributed by atoms with van der Waals surface area (Å²) in [5, 5.41) is 5.90. The van der Waals surface area contributed by atoms with Crippen LogP contribution >= 0.6 is 0 Å². The Morgan fingerprint density at radius 1 is 1.36 bits per heavy atom. The van der Waals surface area contributed by atoms with Gasteiger partial charge in [-0.15, -0.1) is 0 Å². The van der Waals surface area contributed by atoms with Crippen molar-refractivity contribution in [2.45, 2.75) is 25.9 Å². The number of hydrogen-bond donors (Lipinski definition) is 2. The molecule has 2 N–H and O–H groups in total. The fourth-order valence-corrected chi connectivity index (χ4v) is 2.74. The number of benzene rings is 1. The number of methoxy groups -OCH3 is 1. The maximum atomic E-state index is 12.3. The van der Waals surface area contributed by atoms with E-state index in [0.717, 1.165) is 19.4 Å². The van der Waals surface area contributed by atoms with Gasteiger partial charge in [0, 0.05) is 19.7 Å². The first-order valence-corrected chi connectivity index (χ1v) is 8.67. The number of anilines is 1. The summed E-state index contributed by atoms with van der Waals surface area (Å²) in [7, 11) is 1.55. The van der Waals surface area contributed by atoms with Crippen LogP contribution in [0.4, 0.5) is 5.69 Å². The van der Waals surface area contributed by atoms with Crippen LogP contribution in [0.25, 0.3) is 0 Å². The van der Waals surface area contributed by atoms with E-state index in [2.05, 4.69) is 10.6 Å². The Kier molecular flexibility index (Phi) is 7.69. The van der Waals surface area contributed by atoms with Gasteiger partial charge in [0.2, 0.25) is 11.8 Å². The van der Waals surface area contributed by atoms with Crippen molar-refractivity contribution in [3.8, 4) is 5.75 Å². The average molecular weight is 349 g/mol. The number of para-hydroxylation sites is 2. The number of carbonyl (C=O) groups is 2. The van der Waals surface area contributed by atoms with Gasteiger partial charge in [-0.2, -0.15) is 0 Å². The van der Waals surface area contributed by atoms with Crippen molar-refractivity contribution < 1.29 is 19.1 Å². The van der Waals surface area contributed by atoms with Crippen LogP contribution in [0.5, 0.6) is 5.75 Å². The molecule has 1 unspecified atom stereocenters. The molecule has 1 fully saturated rings. The largest absolute Gasteiger partial charge is 0.495 e. The smallest absolute Gasteiger partial charge is 0.244 e. The number of nitrogens with one attached hydrogen (secondary N) is 2. The summed E-state index contributed by atoms with van der Waals surface area (Å²) in [6.45, 7) is 4.00. The summed E-state index contributed by atoms with van der Waals surface area (Å²) in [6, 6.07) is 7.18. The molecule has 138 valence electrons. The van der Waals surface area contributed by atoms with Crippen molar-refractivity contribution in [1.29, 1.82) is 0 Å². The number of likely N-dealkylation sites (N-methyl/N-ethyl adjacent to an activating group) is 1. The van der Waals surface area contributed by atoms with E-state index < -0.39 is 0 Å². The Morgan fingerprint density at radius 3 is 2.84 bits per heavy atom. The second-order valence-electron chi connectivity index (χ2n) is 5.92. The molecule has 1 saturated heterocycles. The Hall–Kier alpha value is -2.12. The van der Waals surface area contributed by atoms with Crippen LogP contribution in [0.15, 0.2) is 24.3 Å². The molecule has 1 aromatic rings. The third-order valence-electron chi connectivity index (χ3n) is 4.12. The number of carbonyl (C=O) groups excluding carboxylic acids is 2. The number of nitrogens with zero attached hydrogens (tertiary/aromatic N) is 1. The second-order valence-corrected chi connectivity index (χ2v) is 5.92. The summed E-state index contributed by atoms with van der Waals surface area (Å²) in [4.78, 5) is 26.0. The first-order chi connectivity index (χ1) is 12.1. The lowest BCUT2D eigenvalue weighted by molar-refractivity contribution is -0.133. The average Bonchev–Trinajstić information content (AvgIpc) is 3.13. The zero-order valence-electron chi connectivity index (χ0n) is 14.9. The summed E-state index contributed by atoms with van der Waals surface area (Å²) in [5.41, 5.74) is 0.593. The predicted molar refractivity (Wildman–Crippen MR) is 95.7 cm³/mol. The van der Waals surface area contributed by atoms with Crippen molar-refractivity contribution >= 4 is 17.5 Å². The topological polar surface area (TPSA) is 79.9 Å². The lowest BCUT2D eigenvalue weighted by atomic mass is 10.2. The number of hydrogen-bond acceptors (Lipinski definition) is 5. The van der Waals surface area contributed by atoms with E-state index >= 15 is 0 Å². The molecule has 1 heterocycles. The maximum Gasteiger partial charge on any atom is 0.244 e. The van der Waals surface area contributed by atoms with E-state index in [1.54, 1.807) is 19.2 Å². The monoisotopic (exact) mass is 349 g/mol. The molecule has 0 saturated carbocycles. The molecule has 2 amide bonds. The van der Waals surface area contributed by atoms with Gasteiger partial charge in [0.15, 0.2) is 0 Å². The highest BCUT2D eigenvalue weighted by molar-refractivity contribution is 5.95. The van der Waals surface area contributed by atoms with Crippen LogP contribution in [0.3, 0.4) is 0 Å². The summed E-state index contributed by atoms with van der Waals surface area (Å²) >= 11 is 0. The molecule has 25 heavy (non-hydrogen) atoms. The zero-order valence-corrected chi connectivity index (χ0v) is 14.9. The van der Waals surface area contributed by atoms with Crippen molar-refractivity contribution in [3.05, 3.63) is 24.3 Å². The molecule has 7 nitrogen and oxygen atoms in total. The zero-order chi connectivity index (χ0) is 18.1. The summed E-state index contributed by atoms with van der Waals surface area (Å²) < 4.78 is 10.7. The van der Waals surface area contributed by atoms with Gasteiger partial charge in [-0.3, -0.25) is 9.59 Å². The van der Waals surface area contributed by atoms with Gasteiger partial charge in [-0.05, 0) is 31.9 Å². The van der Waals surface area contributed by atoms with Crippen molar-refractivity contribution in [1.82, 2.24) is 10.2 Å². The van der Waals surface area contributed by atoms with E-state index in [0.29, 0.717) is 24.5 Å². The molecule has 1 aromatic carbocycles. The molecule has 2 rings (SSSR count). The number of rotatable bonds is 9. The first-order valence-electron chi connectivity index (χ1n) is 8.67. The highest BCUT2D eigenvalue weighted by Crippen LogP contribution is 2.22. The fraction of sp³-hybridized carbons (Fsp3) is 0.556. The molecule has 1 aliphatic rings. The molecular weight excluding hydrogens is 322 g/mol. The van der Waals surface area contributed by atoms with Crippen LogP contribution in [-0.2, 0) is 14.3 Å². The van der Waals surface area contributed by atoms with Crippen molar-refractivity contribution in [2.75, 3.05) is 45.2 Å². The Morgan fingerprint density at radius 2 is 2.16 bits per heavy atom. The Balaban J connectivity index is 1.78. The van der Waals surface area contributed by atoms with Gasteiger partial charge < -0.3 is 25.0 Å². The van der Waals surface area contributed by atoms with Gasteiger partial charge >= 0.3 is 0 Å². The Bertz CT molecular complexity index is 573. The lowest BCUT2D eigenvalue weighted by Crippen LogP contribution is -2.43. The van der Waals surface area contributed by atoms with E-state index in [9.17, 15) is 9.59 Å². The minimum atomic E-state index is -0.251. The normalized spacial score (nSPS) is 16.5. The third kappa shape index (κ3) is 6.03. The van der Waals surface area contributed by atoms with Crippen molar-refractivity contribution in [3.63, 3.8) is 0 Å². The molecule has 0 bridgehead atoms. The third-order valence-corrected chi connectivity index (χ3v) is 4.12. The fourth-order valence-electron chi connectivity index (χ4n) is 2.74. The number of amides is 2. The van der Waals surface area contributed by atoms with E-state index in [4.69, 9.17) is 9.47 Å². The molecule has 0 aliphatic carbocycles. The number of ether oxygens (including phenoxy) is 2. The van der Waals surface area contributed by atoms with Crippen LogP contribution < -0.4 is 15.4 Å². The van der Waals surface area contributed by atoms with E-state index in [1.807, 2.05) is 19.1 Å². The molecule has 1 aliphatic heterocycles. The van der Waals surface area contributed by atoms with E-state index in [1.165, 1.54) is 4.90 Å².